The molecule has 114 valence electrons. The number of hydrogen-bond acceptors (Lipinski definition) is 3. The summed E-state index contributed by atoms with van der Waals surface area (Å²) in [7, 11) is 0. The van der Waals surface area contributed by atoms with Gasteiger partial charge in [0, 0.05) is 6.04 Å². The van der Waals surface area contributed by atoms with Crippen LogP contribution in [0.3, 0.4) is 0 Å². The van der Waals surface area contributed by atoms with Gasteiger partial charge in [0.2, 0.25) is 0 Å². The molecule has 1 unspecified atom stereocenters. The third kappa shape index (κ3) is 5.07. The van der Waals surface area contributed by atoms with E-state index in [2.05, 4.69) is 10.2 Å². The van der Waals surface area contributed by atoms with Crippen LogP contribution < -0.4 is 11.3 Å². The van der Waals surface area contributed by atoms with Crippen molar-refractivity contribution in [2.24, 2.45) is 5.84 Å². The van der Waals surface area contributed by atoms with E-state index in [1.54, 1.807) is 0 Å². The smallest absolute Gasteiger partial charge is 0.330 e. The van der Waals surface area contributed by atoms with Gasteiger partial charge in [0.15, 0.2) is 0 Å². The minimum atomic E-state index is -4.14. The molecule has 0 aliphatic heterocycles. The standard InChI is InChI=1S/C13H18F4N2O/c1-9-4-2-3-5-10(9)6-11(19-18)7-20-8-13(16,17)12(14)15/h2-5,11-12,19H,6-8,18H2,1H3. The first-order valence-corrected chi connectivity index (χ1v) is 6.11. The fourth-order valence-corrected chi connectivity index (χ4v) is 1.67. The second kappa shape index (κ2) is 7.56. The van der Waals surface area contributed by atoms with E-state index in [1.165, 1.54) is 0 Å². The van der Waals surface area contributed by atoms with E-state index < -0.39 is 25.0 Å². The molecule has 0 fully saturated rings. The molecular weight excluding hydrogens is 276 g/mol. The maximum Gasteiger partial charge on any atom is 0.330 e. The summed E-state index contributed by atoms with van der Waals surface area (Å²) in [6.45, 7) is 0.415. The van der Waals surface area contributed by atoms with Gasteiger partial charge in [0.1, 0.15) is 6.61 Å². The monoisotopic (exact) mass is 294 g/mol. The summed E-state index contributed by atoms with van der Waals surface area (Å²) in [4.78, 5) is 0. The molecule has 0 heterocycles. The van der Waals surface area contributed by atoms with Gasteiger partial charge in [-0.05, 0) is 24.5 Å². The molecule has 20 heavy (non-hydrogen) atoms. The molecule has 0 amide bonds. The Morgan fingerprint density at radius 2 is 1.95 bits per heavy atom. The number of ether oxygens (including phenoxy) is 1. The summed E-state index contributed by atoms with van der Waals surface area (Å²) >= 11 is 0. The molecule has 0 saturated heterocycles. The van der Waals surface area contributed by atoms with Crippen molar-refractivity contribution in [2.75, 3.05) is 13.2 Å². The van der Waals surface area contributed by atoms with Crippen LogP contribution in [0.15, 0.2) is 24.3 Å². The number of rotatable bonds is 8. The molecule has 0 aliphatic carbocycles. The van der Waals surface area contributed by atoms with Crippen LogP contribution in [0, 0.1) is 6.92 Å². The van der Waals surface area contributed by atoms with Crippen molar-refractivity contribution < 1.29 is 22.3 Å². The normalized spacial score (nSPS) is 13.8. The van der Waals surface area contributed by atoms with Crippen LogP contribution in [0.5, 0.6) is 0 Å². The zero-order valence-corrected chi connectivity index (χ0v) is 11.1. The van der Waals surface area contributed by atoms with Gasteiger partial charge in [-0.3, -0.25) is 11.3 Å². The second-order valence-corrected chi connectivity index (χ2v) is 4.57. The van der Waals surface area contributed by atoms with Crippen LogP contribution >= 0.6 is 0 Å². The molecule has 1 atom stereocenters. The van der Waals surface area contributed by atoms with Crippen molar-refractivity contribution in [3.63, 3.8) is 0 Å². The molecule has 1 rings (SSSR count). The topological polar surface area (TPSA) is 47.3 Å². The summed E-state index contributed by atoms with van der Waals surface area (Å²) < 4.78 is 53.9. The molecule has 0 spiro atoms. The third-order valence-electron chi connectivity index (χ3n) is 2.90. The number of halogens is 4. The summed E-state index contributed by atoms with van der Waals surface area (Å²) in [5, 5.41) is 0. The van der Waals surface area contributed by atoms with Gasteiger partial charge in [0.05, 0.1) is 6.61 Å². The molecule has 0 aromatic heterocycles. The zero-order valence-electron chi connectivity index (χ0n) is 11.1. The van der Waals surface area contributed by atoms with Crippen LogP contribution in [0.4, 0.5) is 17.6 Å². The number of benzene rings is 1. The third-order valence-corrected chi connectivity index (χ3v) is 2.90. The van der Waals surface area contributed by atoms with Crippen molar-refractivity contribution in [3.8, 4) is 0 Å². The van der Waals surface area contributed by atoms with E-state index in [4.69, 9.17) is 5.84 Å². The largest absolute Gasteiger partial charge is 0.373 e. The van der Waals surface area contributed by atoms with E-state index in [0.29, 0.717) is 6.42 Å². The Hall–Kier alpha value is -1.18. The Labute approximate surface area is 115 Å². The maximum absolute atomic E-state index is 12.7. The highest BCUT2D eigenvalue weighted by atomic mass is 19.3. The Bertz CT molecular complexity index is 415. The minimum absolute atomic E-state index is 0.173. The minimum Gasteiger partial charge on any atom is -0.373 e. The van der Waals surface area contributed by atoms with Crippen molar-refractivity contribution >= 4 is 0 Å². The maximum atomic E-state index is 12.7. The SMILES string of the molecule is Cc1ccccc1CC(COCC(F)(F)C(F)F)NN. The number of hydrogen-bond donors (Lipinski definition) is 2. The highest BCUT2D eigenvalue weighted by Crippen LogP contribution is 2.23. The van der Waals surface area contributed by atoms with E-state index >= 15 is 0 Å². The molecule has 0 saturated carbocycles. The molecular formula is C13H18F4N2O. The highest BCUT2D eigenvalue weighted by molar-refractivity contribution is 5.26. The van der Waals surface area contributed by atoms with Crippen molar-refractivity contribution in [1.29, 1.82) is 0 Å². The lowest BCUT2D eigenvalue weighted by molar-refractivity contribution is -0.167. The molecule has 0 radical (unpaired) electrons. The van der Waals surface area contributed by atoms with Crippen LogP contribution in [0.2, 0.25) is 0 Å². The number of aryl methyl sites for hydroxylation is 1. The first-order valence-electron chi connectivity index (χ1n) is 6.11. The molecule has 3 N–H and O–H groups in total. The van der Waals surface area contributed by atoms with Crippen molar-refractivity contribution in [3.05, 3.63) is 35.4 Å². The predicted molar refractivity (Wildman–Crippen MR) is 67.8 cm³/mol. The van der Waals surface area contributed by atoms with Gasteiger partial charge >= 0.3 is 12.3 Å². The van der Waals surface area contributed by atoms with Gasteiger partial charge in [-0.15, -0.1) is 0 Å². The van der Waals surface area contributed by atoms with Gasteiger partial charge in [0.25, 0.3) is 0 Å². The molecule has 1 aromatic rings. The summed E-state index contributed by atoms with van der Waals surface area (Å²) in [6.07, 6.45) is -3.27. The van der Waals surface area contributed by atoms with Gasteiger partial charge in [-0.25, -0.2) is 8.78 Å². The Morgan fingerprint density at radius 1 is 1.30 bits per heavy atom. The van der Waals surface area contributed by atoms with Crippen LogP contribution in [0.25, 0.3) is 0 Å². The second-order valence-electron chi connectivity index (χ2n) is 4.57. The lowest BCUT2D eigenvalue weighted by Gasteiger charge is -2.20. The number of hydrazine groups is 1. The zero-order chi connectivity index (χ0) is 15.2. The molecule has 7 heteroatoms. The van der Waals surface area contributed by atoms with Gasteiger partial charge in [-0.2, -0.15) is 8.78 Å². The van der Waals surface area contributed by atoms with Gasteiger partial charge < -0.3 is 4.74 Å². The number of alkyl halides is 4. The molecule has 0 bridgehead atoms. The average molecular weight is 294 g/mol. The Kier molecular flexibility index (Phi) is 6.38. The van der Waals surface area contributed by atoms with E-state index in [1.807, 2.05) is 31.2 Å². The lowest BCUT2D eigenvalue weighted by atomic mass is 10.0. The quantitative estimate of drug-likeness (QED) is 0.439. The van der Waals surface area contributed by atoms with Crippen molar-refractivity contribution in [2.45, 2.75) is 31.7 Å². The molecule has 3 nitrogen and oxygen atoms in total. The van der Waals surface area contributed by atoms with E-state index in [0.717, 1.165) is 11.1 Å². The fourth-order valence-electron chi connectivity index (χ4n) is 1.67. The summed E-state index contributed by atoms with van der Waals surface area (Å²) in [5.74, 6) is 1.18. The predicted octanol–water partition coefficient (Wildman–Crippen LogP) is 2.29. The van der Waals surface area contributed by atoms with Crippen LogP contribution in [-0.2, 0) is 11.2 Å². The van der Waals surface area contributed by atoms with Gasteiger partial charge in [-0.1, -0.05) is 24.3 Å². The fraction of sp³-hybridized carbons (Fsp3) is 0.538. The van der Waals surface area contributed by atoms with E-state index in [9.17, 15) is 17.6 Å². The number of nitrogens with one attached hydrogen (secondary N) is 1. The van der Waals surface area contributed by atoms with Crippen molar-refractivity contribution in [1.82, 2.24) is 5.43 Å². The lowest BCUT2D eigenvalue weighted by Crippen LogP contribution is -2.42. The first-order chi connectivity index (χ1) is 9.36. The molecule has 0 aliphatic rings. The van der Waals surface area contributed by atoms with Crippen LogP contribution in [-0.4, -0.2) is 31.6 Å². The molecule has 1 aromatic carbocycles. The van der Waals surface area contributed by atoms with Crippen LogP contribution in [0.1, 0.15) is 11.1 Å². The Balaban J connectivity index is 2.47. The number of nitrogens with two attached hydrogens (primary N) is 1. The first kappa shape index (κ1) is 16.9. The highest BCUT2D eigenvalue weighted by Gasteiger charge is 2.41. The summed E-state index contributed by atoms with van der Waals surface area (Å²) in [5.41, 5.74) is 4.45. The summed E-state index contributed by atoms with van der Waals surface area (Å²) in [6, 6.07) is 7.09. The Morgan fingerprint density at radius 3 is 2.50 bits per heavy atom. The average Bonchev–Trinajstić information content (AvgIpc) is 2.39. The van der Waals surface area contributed by atoms with E-state index in [-0.39, 0.29) is 6.61 Å².